The number of anilines is 1. The molecule has 1 aliphatic rings. The van der Waals surface area contributed by atoms with Gasteiger partial charge in [0, 0.05) is 19.1 Å². The van der Waals surface area contributed by atoms with Crippen molar-refractivity contribution in [2.24, 2.45) is 0 Å². The molecule has 1 saturated heterocycles. The molecule has 0 aliphatic carbocycles. The molecule has 0 aromatic carbocycles. The lowest BCUT2D eigenvalue weighted by atomic mass is 10.0. The maximum absolute atomic E-state index is 9.44. The van der Waals surface area contributed by atoms with Crippen LogP contribution in [0.25, 0.3) is 0 Å². The van der Waals surface area contributed by atoms with Crippen molar-refractivity contribution < 1.29 is 5.11 Å². The maximum Gasteiger partial charge on any atom is 0.126 e. The van der Waals surface area contributed by atoms with E-state index in [1.54, 1.807) is 0 Å². The van der Waals surface area contributed by atoms with E-state index in [-0.39, 0.29) is 12.6 Å². The number of nitrogens with one attached hydrogen (secondary N) is 1. The molecule has 4 nitrogen and oxygen atoms in total. The second-order valence-corrected chi connectivity index (χ2v) is 5.37. The zero-order valence-electron chi connectivity index (χ0n) is 11.4. The number of likely N-dealkylation sites (tertiary alicyclic amines) is 1. The normalized spacial score (nSPS) is 20.5. The number of pyridine rings is 1. The molecule has 0 spiro atoms. The fraction of sp³-hybridized carbons (Fsp3) is 0.643. The number of hydrogen-bond donors (Lipinski definition) is 2. The van der Waals surface area contributed by atoms with Gasteiger partial charge < -0.3 is 10.4 Å². The SMILES string of the molecule is CCNc1ccc(Cl)c(CN2CCCCC2CO)n1. The first-order chi connectivity index (χ1) is 9.24. The Bertz CT molecular complexity index is 414. The van der Waals surface area contributed by atoms with Crippen LogP contribution < -0.4 is 5.32 Å². The lowest BCUT2D eigenvalue weighted by molar-refractivity contribution is 0.0831. The van der Waals surface area contributed by atoms with Crippen LogP contribution in [0.3, 0.4) is 0 Å². The molecule has 1 aromatic heterocycles. The Kier molecular flexibility index (Phi) is 5.43. The van der Waals surface area contributed by atoms with E-state index in [4.69, 9.17) is 11.6 Å². The number of piperidine rings is 1. The number of rotatable bonds is 5. The first-order valence-corrected chi connectivity index (χ1v) is 7.36. The highest BCUT2D eigenvalue weighted by molar-refractivity contribution is 6.31. The lowest BCUT2D eigenvalue weighted by Crippen LogP contribution is -2.41. The number of aliphatic hydroxyl groups excluding tert-OH is 1. The molecule has 0 saturated carbocycles. The zero-order chi connectivity index (χ0) is 13.7. The minimum Gasteiger partial charge on any atom is -0.395 e. The molecule has 106 valence electrons. The first-order valence-electron chi connectivity index (χ1n) is 6.98. The minimum atomic E-state index is 0.213. The number of hydrogen-bond acceptors (Lipinski definition) is 4. The summed E-state index contributed by atoms with van der Waals surface area (Å²) in [6.07, 6.45) is 3.43. The molecule has 1 atom stereocenters. The van der Waals surface area contributed by atoms with Crippen LogP contribution in [-0.4, -0.2) is 40.7 Å². The Morgan fingerprint density at radius 2 is 2.32 bits per heavy atom. The van der Waals surface area contributed by atoms with Gasteiger partial charge >= 0.3 is 0 Å². The molecule has 0 radical (unpaired) electrons. The smallest absolute Gasteiger partial charge is 0.126 e. The summed E-state index contributed by atoms with van der Waals surface area (Å²) in [6, 6.07) is 4.03. The highest BCUT2D eigenvalue weighted by atomic mass is 35.5. The summed E-state index contributed by atoms with van der Waals surface area (Å²) >= 11 is 6.23. The second-order valence-electron chi connectivity index (χ2n) is 4.96. The van der Waals surface area contributed by atoms with E-state index in [0.717, 1.165) is 31.0 Å². The van der Waals surface area contributed by atoms with Crippen LogP contribution in [0.2, 0.25) is 5.02 Å². The molecule has 5 heteroatoms. The van der Waals surface area contributed by atoms with Gasteiger partial charge in [0.2, 0.25) is 0 Å². The van der Waals surface area contributed by atoms with E-state index in [2.05, 4.69) is 15.2 Å². The van der Waals surface area contributed by atoms with Crippen LogP contribution in [0.1, 0.15) is 31.9 Å². The Morgan fingerprint density at radius 3 is 3.05 bits per heavy atom. The van der Waals surface area contributed by atoms with Crippen LogP contribution >= 0.6 is 11.6 Å². The molecule has 19 heavy (non-hydrogen) atoms. The molecule has 2 heterocycles. The quantitative estimate of drug-likeness (QED) is 0.872. The van der Waals surface area contributed by atoms with E-state index in [1.807, 2.05) is 19.1 Å². The van der Waals surface area contributed by atoms with Crippen molar-refractivity contribution in [3.8, 4) is 0 Å². The summed E-state index contributed by atoms with van der Waals surface area (Å²) in [5.74, 6) is 0.861. The van der Waals surface area contributed by atoms with Crippen molar-refractivity contribution in [1.29, 1.82) is 0 Å². The van der Waals surface area contributed by atoms with Gasteiger partial charge in [-0.1, -0.05) is 18.0 Å². The van der Waals surface area contributed by atoms with Gasteiger partial charge in [0.1, 0.15) is 5.82 Å². The van der Waals surface area contributed by atoms with E-state index in [0.29, 0.717) is 11.6 Å². The predicted octanol–water partition coefficient (Wildman–Crippen LogP) is 2.51. The van der Waals surface area contributed by atoms with Crippen LogP contribution in [0.4, 0.5) is 5.82 Å². The van der Waals surface area contributed by atoms with E-state index in [1.165, 1.54) is 12.8 Å². The molecule has 1 aliphatic heterocycles. The van der Waals surface area contributed by atoms with Crippen molar-refractivity contribution in [1.82, 2.24) is 9.88 Å². The second kappa shape index (κ2) is 7.08. The van der Waals surface area contributed by atoms with Gasteiger partial charge in [0.15, 0.2) is 0 Å². The summed E-state index contributed by atoms with van der Waals surface area (Å²) in [5, 5.41) is 13.3. The highest BCUT2D eigenvalue weighted by Gasteiger charge is 2.22. The van der Waals surface area contributed by atoms with Crippen LogP contribution in [0.15, 0.2) is 12.1 Å². The predicted molar refractivity (Wildman–Crippen MR) is 78.5 cm³/mol. The average molecular weight is 284 g/mol. The van der Waals surface area contributed by atoms with Gasteiger partial charge in [-0.05, 0) is 38.4 Å². The number of aliphatic hydroxyl groups is 1. The summed E-state index contributed by atoms with van der Waals surface area (Å²) in [5.41, 5.74) is 0.889. The highest BCUT2D eigenvalue weighted by Crippen LogP contribution is 2.23. The Balaban J connectivity index is 2.10. The molecule has 2 rings (SSSR count). The third-order valence-electron chi connectivity index (χ3n) is 3.59. The van der Waals surface area contributed by atoms with E-state index in [9.17, 15) is 5.11 Å². The third-order valence-corrected chi connectivity index (χ3v) is 3.93. The first kappa shape index (κ1) is 14.6. The van der Waals surface area contributed by atoms with Crippen molar-refractivity contribution >= 4 is 17.4 Å². The molecule has 2 N–H and O–H groups in total. The van der Waals surface area contributed by atoms with Gasteiger partial charge in [-0.2, -0.15) is 0 Å². The van der Waals surface area contributed by atoms with Gasteiger partial charge in [-0.3, -0.25) is 4.90 Å². The van der Waals surface area contributed by atoms with Crippen molar-refractivity contribution in [2.75, 3.05) is 25.0 Å². The molecule has 0 amide bonds. The standard InChI is InChI=1S/C14H22ClN3O/c1-2-16-14-7-6-12(15)13(17-14)9-18-8-4-3-5-11(18)10-19/h6-7,11,19H,2-5,8-10H2,1H3,(H,16,17). The van der Waals surface area contributed by atoms with Crippen LogP contribution in [0, 0.1) is 0 Å². The number of aromatic nitrogens is 1. The van der Waals surface area contributed by atoms with Gasteiger partial charge in [0.05, 0.1) is 17.3 Å². The minimum absolute atomic E-state index is 0.213. The molecular weight excluding hydrogens is 262 g/mol. The topological polar surface area (TPSA) is 48.4 Å². The summed E-state index contributed by atoms with van der Waals surface area (Å²) in [7, 11) is 0. The van der Waals surface area contributed by atoms with Crippen molar-refractivity contribution in [3.63, 3.8) is 0 Å². The fourth-order valence-corrected chi connectivity index (χ4v) is 2.71. The van der Waals surface area contributed by atoms with Gasteiger partial charge in [-0.15, -0.1) is 0 Å². The third kappa shape index (κ3) is 3.81. The van der Waals surface area contributed by atoms with Crippen molar-refractivity contribution in [3.05, 3.63) is 22.8 Å². The van der Waals surface area contributed by atoms with Gasteiger partial charge in [-0.25, -0.2) is 4.98 Å². The Hall–Kier alpha value is -0.840. The fourth-order valence-electron chi connectivity index (χ4n) is 2.54. The zero-order valence-corrected chi connectivity index (χ0v) is 12.2. The number of nitrogens with zero attached hydrogens (tertiary/aromatic N) is 2. The van der Waals surface area contributed by atoms with E-state index >= 15 is 0 Å². The molecule has 0 bridgehead atoms. The average Bonchev–Trinajstić information content (AvgIpc) is 2.43. The van der Waals surface area contributed by atoms with Crippen molar-refractivity contribution in [2.45, 2.75) is 38.8 Å². The summed E-state index contributed by atoms with van der Waals surface area (Å²) < 4.78 is 0. The molecular formula is C14H22ClN3O. The largest absolute Gasteiger partial charge is 0.395 e. The molecule has 1 aromatic rings. The Labute approximate surface area is 119 Å². The Morgan fingerprint density at radius 1 is 1.47 bits per heavy atom. The molecule has 1 fully saturated rings. The van der Waals surface area contributed by atoms with Crippen LogP contribution in [-0.2, 0) is 6.54 Å². The number of halogens is 1. The van der Waals surface area contributed by atoms with E-state index < -0.39 is 0 Å². The van der Waals surface area contributed by atoms with Crippen LogP contribution in [0.5, 0.6) is 0 Å². The maximum atomic E-state index is 9.44. The lowest BCUT2D eigenvalue weighted by Gasteiger charge is -2.34. The monoisotopic (exact) mass is 283 g/mol. The molecule has 1 unspecified atom stereocenters. The summed E-state index contributed by atoms with van der Waals surface area (Å²) in [6.45, 7) is 4.82. The summed E-state index contributed by atoms with van der Waals surface area (Å²) in [4.78, 5) is 6.84. The van der Waals surface area contributed by atoms with Gasteiger partial charge in [0.25, 0.3) is 0 Å².